The van der Waals surface area contributed by atoms with Crippen molar-refractivity contribution in [1.29, 1.82) is 0 Å². The second-order valence-electron chi connectivity index (χ2n) is 4.67. The first-order chi connectivity index (χ1) is 9.61. The number of hydrogen-bond donors (Lipinski definition) is 1. The molecule has 1 atom stereocenters. The standard InChI is InChI=1S/C14H19ClN2O2S/c1-2-17-6-7-18-10(8-17)9-19-12-5-3-4-11(15)13(12)14(16)20/h3-5,10H,2,6-9H2,1H3,(H2,16,20). The maximum absolute atomic E-state index is 6.10. The van der Waals surface area contributed by atoms with Gasteiger partial charge in [0.2, 0.25) is 0 Å². The van der Waals surface area contributed by atoms with Crippen LogP contribution in [-0.2, 0) is 4.74 Å². The highest BCUT2D eigenvalue weighted by Crippen LogP contribution is 2.26. The van der Waals surface area contributed by atoms with Crippen molar-refractivity contribution in [3.63, 3.8) is 0 Å². The summed E-state index contributed by atoms with van der Waals surface area (Å²) in [5.74, 6) is 0.613. The monoisotopic (exact) mass is 314 g/mol. The number of benzene rings is 1. The molecule has 0 saturated carbocycles. The smallest absolute Gasteiger partial charge is 0.131 e. The van der Waals surface area contributed by atoms with Crippen LogP contribution in [0.3, 0.4) is 0 Å². The van der Waals surface area contributed by atoms with E-state index >= 15 is 0 Å². The van der Waals surface area contributed by atoms with Crippen molar-refractivity contribution < 1.29 is 9.47 Å². The lowest BCUT2D eigenvalue weighted by molar-refractivity contribution is -0.0464. The summed E-state index contributed by atoms with van der Waals surface area (Å²) in [5.41, 5.74) is 6.29. The van der Waals surface area contributed by atoms with Gasteiger partial charge in [-0.05, 0) is 18.7 Å². The fourth-order valence-corrected chi connectivity index (χ4v) is 2.75. The molecule has 0 aromatic heterocycles. The maximum Gasteiger partial charge on any atom is 0.131 e. The summed E-state index contributed by atoms with van der Waals surface area (Å²) in [7, 11) is 0. The summed E-state index contributed by atoms with van der Waals surface area (Å²) in [5, 5.41) is 0.509. The second kappa shape index (κ2) is 7.22. The van der Waals surface area contributed by atoms with E-state index in [0.29, 0.717) is 22.9 Å². The normalized spacial score (nSPS) is 19.8. The molecular weight excluding hydrogens is 296 g/mol. The van der Waals surface area contributed by atoms with Gasteiger partial charge in [0.05, 0.1) is 17.2 Å². The molecule has 1 aromatic carbocycles. The topological polar surface area (TPSA) is 47.7 Å². The zero-order valence-electron chi connectivity index (χ0n) is 11.5. The average molecular weight is 315 g/mol. The van der Waals surface area contributed by atoms with E-state index < -0.39 is 0 Å². The third kappa shape index (κ3) is 3.82. The molecule has 110 valence electrons. The van der Waals surface area contributed by atoms with E-state index in [1.807, 2.05) is 12.1 Å². The van der Waals surface area contributed by atoms with Gasteiger partial charge in [0, 0.05) is 13.1 Å². The number of morpholine rings is 1. The Balaban J connectivity index is 2.00. The SMILES string of the molecule is CCN1CCOC(COc2cccc(Cl)c2C(N)=S)C1. The number of ether oxygens (including phenoxy) is 2. The highest BCUT2D eigenvalue weighted by Gasteiger charge is 2.20. The highest BCUT2D eigenvalue weighted by atomic mass is 35.5. The van der Waals surface area contributed by atoms with Crippen molar-refractivity contribution in [2.24, 2.45) is 5.73 Å². The molecule has 2 rings (SSSR count). The maximum atomic E-state index is 6.10. The predicted molar refractivity (Wildman–Crippen MR) is 84.7 cm³/mol. The average Bonchev–Trinajstić information content (AvgIpc) is 2.45. The first kappa shape index (κ1) is 15.5. The first-order valence-electron chi connectivity index (χ1n) is 6.67. The molecule has 0 amide bonds. The summed E-state index contributed by atoms with van der Waals surface area (Å²) in [6, 6.07) is 5.39. The Morgan fingerprint density at radius 1 is 1.60 bits per heavy atom. The Kier molecular flexibility index (Phi) is 5.60. The minimum Gasteiger partial charge on any atom is -0.490 e. The van der Waals surface area contributed by atoms with Crippen LogP contribution in [0.25, 0.3) is 0 Å². The summed E-state index contributed by atoms with van der Waals surface area (Å²) >= 11 is 11.1. The molecule has 0 aliphatic carbocycles. The lowest BCUT2D eigenvalue weighted by Gasteiger charge is -2.32. The summed E-state index contributed by atoms with van der Waals surface area (Å²) < 4.78 is 11.5. The molecule has 1 unspecified atom stereocenters. The number of rotatable bonds is 5. The number of nitrogens with two attached hydrogens (primary N) is 1. The number of nitrogens with zero attached hydrogens (tertiary/aromatic N) is 1. The summed E-state index contributed by atoms with van der Waals surface area (Å²) in [4.78, 5) is 2.58. The summed E-state index contributed by atoms with van der Waals surface area (Å²) in [6.07, 6.45) is 0.0573. The van der Waals surface area contributed by atoms with Crippen LogP contribution in [0.15, 0.2) is 18.2 Å². The van der Waals surface area contributed by atoms with Crippen LogP contribution in [-0.4, -0.2) is 48.8 Å². The molecule has 2 N–H and O–H groups in total. The van der Waals surface area contributed by atoms with Crippen LogP contribution < -0.4 is 10.5 Å². The molecule has 1 heterocycles. The number of halogens is 1. The quantitative estimate of drug-likeness (QED) is 0.843. The zero-order valence-corrected chi connectivity index (χ0v) is 13.0. The van der Waals surface area contributed by atoms with Crippen molar-refractivity contribution >= 4 is 28.8 Å². The molecule has 20 heavy (non-hydrogen) atoms. The Morgan fingerprint density at radius 3 is 3.10 bits per heavy atom. The highest BCUT2D eigenvalue weighted by molar-refractivity contribution is 7.80. The predicted octanol–water partition coefficient (Wildman–Crippen LogP) is 2.07. The van der Waals surface area contributed by atoms with Crippen molar-refractivity contribution in [1.82, 2.24) is 4.90 Å². The van der Waals surface area contributed by atoms with Crippen molar-refractivity contribution in [2.75, 3.05) is 32.8 Å². The van der Waals surface area contributed by atoms with Gasteiger partial charge in [0.1, 0.15) is 23.4 Å². The Morgan fingerprint density at radius 2 is 2.40 bits per heavy atom. The molecule has 0 radical (unpaired) electrons. The molecule has 1 aliphatic heterocycles. The Labute approximate surface area is 129 Å². The van der Waals surface area contributed by atoms with E-state index in [1.54, 1.807) is 6.07 Å². The van der Waals surface area contributed by atoms with Gasteiger partial charge in [0.15, 0.2) is 0 Å². The van der Waals surface area contributed by atoms with Crippen molar-refractivity contribution in [3.8, 4) is 5.75 Å². The van der Waals surface area contributed by atoms with E-state index in [2.05, 4.69) is 11.8 Å². The molecule has 1 saturated heterocycles. The van der Waals surface area contributed by atoms with Crippen molar-refractivity contribution in [3.05, 3.63) is 28.8 Å². The molecule has 6 heteroatoms. The van der Waals surface area contributed by atoms with Crippen molar-refractivity contribution in [2.45, 2.75) is 13.0 Å². The fourth-order valence-electron chi connectivity index (χ4n) is 2.21. The number of thiocarbonyl (C=S) groups is 1. The minimum atomic E-state index is 0.0573. The van der Waals surface area contributed by atoms with E-state index in [1.165, 1.54) is 0 Å². The number of likely N-dealkylation sites (N-methyl/N-ethyl adjacent to an activating group) is 1. The number of hydrogen-bond acceptors (Lipinski definition) is 4. The van der Waals surface area contributed by atoms with E-state index in [9.17, 15) is 0 Å². The van der Waals surface area contributed by atoms with Gasteiger partial charge in [-0.3, -0.25) is 4.90 Å². The third-order valence-corrected chi connectivity index (χ3v) is 3.84. The first-order valence-corrected chi connectivity index (χ1v) is 7.45. The lowest BCUT2D eigenvalue weighted by atomic mass is 10.2. The second-order valence-corrected chi connectivity index (χ2v) is 5.52. The van der Waals surface area contributed by atoms with Crippen LogP contribution in [0.1, 0.15) is 12.5 Å². The van der Waals surface area contributed by atoms with Gasteiger partial charge in [-0.15, -0.1) is 0 Å². The molecule has 1 aliphatic rings. The molecular formula is C14H19ClN2O2S. The van der Waals surface area contributed by atoms with Gasteiger partial charge in [-0.2, -0.15) is 0 Å². The van der Waals surface area contributed by atoms with E-state index in [4.69, 9.17) is 39.0 Å². The van der Waals surface area contributed by atoms with Gasteiger partial charge < -0.3 is 15.2 Å². The summed E-state index contributed by atoms with van der Waals surface area (Å²) in [6.45, 7) is 6.22. The Bertz CT molecular complexity index is 484. The van der Waals surface area contributed by atoms with Crippen LogP contribution in [0.4, 0.5) is 0 Å². The van der Waals surface area contributed by atoms with E-state index in [0.717, 1.165) is 26.2 Å². The largest absolute Gasteiger partial charge is 0.490 e. The van der Waals surface area contributed by atoms with Gasteiger partial charge in [0.25, 0.3) is 0 Å². The Hall–Kier alpha value is -0.880. The zero-order chi connectivity index (χ0) is 14.5. The van der Waals surface area contributed by atoms with Gasteiger partial charge in [-0.25, -0.2) is 0 Å². The van der Waals surface area contributed by atoms with E-state index in [-0.39, 0.29) is 11.1 Å². The van der Waals surface area contributed by atoms with Crippen LogP contribution in [0.2, 0.25) is 5.02 Å². The van der Waals surface area contributed by atoms with Gasteiger partial charge >= 0.3 is 0 Å². The van der Waals surface area contributed by atoms with Crippen LogP contribution in [0.5, 0.6) is 5.75 Å². The lowest BCUT2D eigenvalue weighted by Crippen LogP contribution is -2.44. The molecule has 1 fully saturated rings. The van der Waals surface area contributed by atoms with Crippen LogP contribution in [0, 0.1) is 0 Å². The van der Waals surface area contributed by atoms with Crippen LogP contribution >= 0.6 is 23.8 Å². The molecule has 0 bridgehead atoms. The third-order valence-electron chi connectivity index (χ3n) is 3.32. The molecule has 1 aromatic rings. The fraction of sp³-hybridized carbons (Fsp3) is 0.500. The van der Waals surface area contributed by atoms with Gasteiger partial charge in [-0.1, -0.05) is 36.8 Å². The molecule has 4 nitrogen and oxygen atoms in total. The molecule has 0 spiro atoms. The minimum absolute atomic E-state index is 0.0573.